The molecular formula is C15H18N4O4. The van der Waals surface area contributed by atoms with Crippen LogP contribution in [0.2, 0.25) is 0 Å². The predicted octanol–water partition coefficient (Wildman–Crippen LogP) is 0.877. The molecule has 1 heterocycles. The normalized spacial score (nSPS) is 13.3. The molecule has 1 atom stereocenters. The standard InChI is InChI=1S/C15H18N4O4/c1-15(8-23-2,7-13(20)21)18-14(22)11-4-3-5-12(6-11)19-10-16-9-17-19/h3-6,9-10H,7-8H2,1-2H3,(H,18,22)(H,20,21). The van der Waals surface area contributed by atoms with Crippen molar-refractivity contribution < 1.29 is 19.4 Å². The Kier molecular flexibility index (Phi) is 5.07. The highest BCUT2D eigenvalue weighted by molar-refractivity contribution is 5.95. The lowest BCUT2D eigenvalue weighted by Gasteiger charge is -2.28. The van der Waals surface area contributed by atoms with Crippen LogP contribution in [0.1, 0.15) is 23.7 Å². The molecule has 0 fully saturated rings. The van der Waals surface area contributed by atoms with Crippen LogP contribution in [0.15, 0.2) is 36.9 Å². The van der Waals surface area contributed by atoms with Gasteiger partial charge in [0.05, 0.1) is 24.3 Å². The van der Waals surface area contributed by atoms with Crippen molar-refractivity contribution in [3.63, 3.8) is 0 Å². The van der Waals surface area contributed by atoms with Gasteiger partial charge in [0.1, 0.15) is 12.7 Å². The number of ether oxygens (including phenoxy) is 1. The number of aromatic nitrogens is 3. The molecule has 2 rings (SSSR count). The summed E-state index contributed by atoms with van der Waals surface area (Å²) in [6.07, 6.45) is 2.68. The van der Waals surface area contributed by atoms with Crippen LogP contribution in [0.5, 0.6) is 0 Å². The number of carboxylic acid groups (broad SMARTS) is 1. The molecule has 0 bridgehead atoms. The summed E-state index contributed by atoms with van der Waals surface area (Å²) < 4.78 is 6.56. The summed E-state index contributed by atoms with van der Waals surface area (Å²) in [6, 6.07) is 6.80. The molecule has 0 saturated carbocycles. The molecule has 0 spiro atoms. The monoisotopic (exact) mass is 318 g/mol. The van der Waals surface area contributed by atoms with Crippen molar-refractivity contribution in [1.82, 2.24) is 20.1 Å². The minimum atomic E-state index is -1.01. The number of nitrogens with zero attached hydrogens (tertiary/aromatic N) is 3. The van der Waals surface area contributed by atoms with Gasteiger partial charge in [0.25, 0.3) is 5.91 Å². The van der Waals surface area contributed by atoms with Gasteiger partial charge in [-0.1, -0.05) is 6.07 Å². The maximum absolute atomic E-state index is 12.4. The van der Waals surface area contributed by atoms with Gasteiger partial charge in [-0.05, 0) is 25.1 Å². The van der Waals surface area contributed by atoms with Gasteiger partial charge in [0.15, 0.2) is 0 Å². The maximum Gasteiger partial charge on any atom is 0.305 e. The molecule has 2 N–H and O–H groups in total. The number of hydrogen-bond donors (Lipinski definition) is 2. The molecule has 23 heavy (non-hydrogen) atoms. The summed E-state index contributed by atoms with van der Waals surface area (Å²) in [5.74, 6) is -1.39. The summed E-state index contributed by atoms with van der Waals surface area (Å²) in [5, 5.41) is 15.7. The third kappa shape index (κ3) is 4.36. The van der Waals surface area contributed by atoms with Crippen molar-refractivity contribution >= 4 is 11.9 Å². The Balaban J connectivity index is 2.19. The third-order valence-corrected chi connectivity index (χ3v) is 3.21. The predicted molar refractivity (Wildman–Crippen MR) is 81.4 cm³/mol. The molecule has 1 aromatic heterocycles. The smallest absolute Gasteiger partial charge is 0.305 e. The fourth-order valence-electron chi connectivity index (χ4n) is 2.26. The minimum absolute atomic E-state index is 0.0911. The first-order valence-electron chi connectivity index (χ1n) is 6.92. The van der Waals surface area contributed by atoms with E-state index >= 15 is 0 Å². The van der Waals surface area contributed by atoms with Crippen LogP contribution >= 0.6 is 0 Å². The Labute approximate surface area is 133 Å². The van der Waals surface area contributed by atoms with E-state index < -0.39 is 11.5 Å². The number of aliphatic carboxylic acids is 1. The summed E-state index contributed by atoms with van der Waals surface area (Å²) >= 11 is 0. The highest BCUT2D eigenvalue weighted by atomic mass is 16.5. The van der Waals surface area contributed by atoms with Crippen molar-refractivity contribution in [2.45, 2.75) is 18.9 Å². The molecule has 0 aliphatic rings. The lowest BCUT2D eigenvalue weighted by atomic mass is 9.98. The number of methoxy groups -OCH3 is 1. The molecular weight excluding hydrogens is 300 g/mol. The Hall–Kier alpha value is -2.74. The van der Waals surface area contributed by atoms with Crippen LogP contribution in [-0.4, -0.2) is 51.0 Å². The van der Waals surface area contributed by atoms with Gasteiger partial charge in [0.2, 0.25) is 0 Å². The average Bonchev–Trinajstić information content (AvgIpc) is 3.00. The van der Waals surface area contributed by atoms with E-state index in [1.54, 1.807) is 31.2 Å². The first-order valence-corrected chi connectivity index (χ1v) is 6.92. The van der Waals surface area contributed by atoms with E-state index in [-0.39, 0.29) is 18.9 Å². The fourth-order valence-corrected chi connectivity index (χ4v) is 2.26. The van der Waals surface area contributed by atoms with Crippen LogP contribution in [-0.2, 0) is 9.53 Å². The van der Waals surface area contributed by atoms with Gasteiger partial charge in [-0.2, -0.15) is 5.10 Å². The highest BCUT2D eigenvalue weighted by Gasteiger charge is 2.30. The van der Waals surface area contributed by atoms with Gasteiger partial charge in [-0.3, -0.25) is 9.59 Å². The quantitative estimate of drug-likeness (QED) is 0.785. The molecule has 8 nitrogen and oxygen atoms in total. The van der Waals surface area contributed by atoms with E-state index in [0.717, 1.165) is 0 Å². The number of carbonyl (C=O) groups excluding carboxylic acids is 1. The first kappa shape index (κ1) is 16.6. The molecule has 0 saturated heterocycles. The van der Waals surface area contributed by atoms with E-state index in [0.29, 0.717) is 11.3 Å². The molecule has 1 amide bonds. The summed E-state index contributed by atoms with van der Waals surface area (Å²) in [5.41, 5.74) is 0.0774. The van der Waals surface area contributed by atoms with E-state index in [1.807, 2.05) is 0 Å². The molecule has 2 aromatic rings. The van der Waals surface area contributed by atoms with Gasteiger partial charge in [-0.15, -0.1) is 0 Å². The van der Waals surface area contributed by atoms with Gasteiger partial charge >= 0.3 is 5.97 Å². The zero-order valence-electron chi connectivity index (χ0n) is 12.9. The Bertz CT molecular complexity index is 687. The van der Waals surface area contributed by atoms with Crippen molar-refractivity contribution in [3.05, 3.63) is 42.5 Å². The fraction of sp³-hybridized carbons (Fsp3) is 0.333. The van der Waals surface area contributed by atoms with Crippen LogP contribution in [0.4, 0.5) is 0 Å². The largest absolute Gasteiger partial charge is 0.481 e. The Morgan fingerprint density at radius 2 is 2.22 bits per heavy atom. The molecule has 122 valence electrons. The second-order valence-corrected chi connectivity index (χ2v) is 5.41. The van der Waals surface area contributed by atoms with Crippen LogP contribution in [0.25, 0.3) is 5.69 Å². The molecule has 1 aromatic carbocycles. The zero-order chi connectivity index (χ0) is 16.9. The zero-order valence-corrected chi connectivity index (χ0v) is 12.9. The Morgan fingerprint density at radius 3 is 2.83 bits per heavy atom. The average molecular weight is 318 g/mol. The number of carboxylic acids is 1. The molecule has 1 unspecified atom stereocenters. The Morgan fingerprint density at radius 1 is 1.43 bits per heavy atom. The van der Waals surface area contributed by atoms with Crippen LogP contribution in [0, 0.1) is 0 Å². The number of amides is 1. The lowest BCUT2D eigenvalue weighted by Crippen LogP contribution is -2.50. The highest BCUT2D eigenvalue weighted by Crippen LogP contribution is 2.14. The summed E-state index contributed by atoms with van der Waals surface area (Å²) in [4.78, 5) is 27.3. The lowest BCUT2D eigenvalue weighted by molar-refractivity contribution is -0.139. The van der Waals surface area contributed by atoms with Crippen molar-refractivity contribution in [2.75, 3.05) is 13.7 Å². The van der Waals surface area contributed by atoms with E-state index in [9.17, 15) is 9.59 Å². The van der Waals surface area contributed by atoms with Crippen molar-refractivity contribution in [1.29, 1.82) is 0 Å². The summed E-state index contributed by atoms with van der Waals surface area (Å²) in [7, 11) is 1.46. The molecule has 0 aliphatic heterocycles. The third-order valence-electron chi connectivity index (χ3n) is 3.21. The van der Waals surface area contributed by atoms with E-state index in [1.165, 1.54) is 24.4 Å². The SMILES string of the molecule is COCC(C)(CC(=O)O)NC(=O)c1cccc(-n2cncn2)c1. The molecule has 0 aliphatic carbocycles. The van der Waals surface area contributed by atoms with Crippen molar-refractivity contribution in [2.24, 2.45) is 0 Å². The summed E-state index contributed by atoms with van der Waals surface area (Å²) in [6.45, 7) is 1.72. The number of hydrogen-bond acceptors (Lipinski definition) is 5. The molecule has 8 heteroatoms. The van der Waals surface area contributed by atoms with E-state index in [2.05, 4.69) is 15.4 Å². The van der Waals surface area contributed by atoms with Gasteiger partial charge in [0, 0.05) is 12.7 Å². The van der Waals surface area contributed by atoms with Crippen LogP contribution < -0.4 is 5.32 Å². The first-order chi connectivity index (χ1) is 10.9. The molecule has 0 radical (unpaired) electrons. The van der Waals surface area contributed by atoms with Gasteiger partial charge in [-0.25, -0.2) is 9.67 Å². The minimum Gasteiger partial charge on any atom is -0.481 e. The van der Waals surface area contributed by atoms with Gasteiger partial charge < -0.3 is 15.2 Å². The van der Waals surface area contributed by atoms with Crippen LogP contribution in [0.3, 0.4) is 0 Å². The number of benzene rings is 1. The topological polar surface area (TPSA) is 106 Å². The van der Waals surface area contributed by atoms with E-state index in [4.69, 9.17) is 9.84 Å². The second kappa shape index (κ2) is 7.01. The number of carbonyl (C=O) groups is 2. The number of nitrogens with one attached hydrogen (secondary N) is 1. The maximum atomic E-state index is 12.4. The second-order valence-electron chi connectivity index (χ2n) is 5.41. The van der Waals surface area contributed by atoms with Crippen molar-refractivity contribution in [3.8, 4) is 5.69 Å². The number of rotatable bonds is 7.